The molecule has 0 fully saturated rings. The molecule has 28 heavy (non-hydrogen) atoms. The molecule has 4 aromatic rings. The van der Waals surface area contributed by atoms with Crippen LogP contribution in [-0.4, -0.2) is 42.2 Å². The van der Waals surface area contributed by atoms with Gasteiger partial charge >= 0.3 is 0 Å². The van der Waals surface area contributed by atoms with E-state index in [2.05, 4.69) is 20.3 Å². The largest absolute Gasteiger partial charge is 0.497 e. The molecular weight excluding hydrogens is 378 g/mol. The normalized spacial score (nSPS) is 10.8. The Morgan fingerprint density at radius 1 is 1.00 bits per heavy atom. The van der Waals surface area contributed by atoms with Crippen molar-refractivity contribution in [2.24, 2.45) is 0 Å². The maximum Gasteiger partial charge on any atom is 0.242 e. The number of benzene rings is 2. The molecule has 0 radical (unpaired) electrons. The number of methoxy groups -OCH3 is 3. The molecular formula is C19H17N5O3S. The highest BCUT2D eigenvalue weighted by Gasteiger charge is 2.16. The zero-order valence-electron chi connectivity index (χ0n) is 15.4. The van der Waals surface area contributed by atoms with Crippen LogP contribution in [0.15, 0.2) is 36.7 Å². The van der Waals surface area contributed by atoms with Gasteiger partial charge in [-0.25, -0.2) is 15.0 Å². The third-order valence-corrected chi connectivity index (χ3v) is 5.26. The fourth-order valence-corrected chi connectivity index (χ4v) is 3.86. The van der Waals surface area contributed by atoms with E-state index in [-0.39, 0.29) is 5.90 Å². The minimum atomic E-state index is 0.0261. The first kappa shape index (κ1) is 17.9. The summed E-state index contributed by atoms with van der Waals surface area (Å²) in [6.07, 6.45) is 1.51. The van der Waals surface area contributed by atoms with Crippen molar-refractivity contribution < 1.29 is 14.2 Å². The lowest BCUT2D eigenvalue weighted by Crippen LogP contribution is -1.99. The van der Waals surface area contributed by atoms with Crippen molar-refractivity contribution >= 4 is 49.9 Å². The molecule has 4 rings (SSSR count). The monoisotopic (exact) mass is 395 g/mol. The number of ether oxygens (including phenoxy) is 3. The lowest BCUT2D eigenvalue weighted by atomic mass is 10.2. The maximum absolute atomic E-state index is 7.89. The van der Waals surface area contributed by atoms with E-state index in [4.69, 9.17) is 19.6 Å². The van der Waals surface area contributed by atoms with Gasteiger partial charge in [0.05, 0.1) is 42.4 Å². The Balaban J connectivity index is 1.87. The van der Waals surface area contributed by atoms with Crippen LogP contribution in [0.3, 0.4) is 0 Å². The maximum atomic E-state index is 7.89. The Kier molecular flexibility index (Phi) is 4.66. The van der Waals surface area contributed by atoms with Crippen molar-refractivity contribution in [2.45, 2.75) is 0 Å². The topological polar surface area (TPSA) is 102 Å². The second-order valence-electron chi connectivity index (χ2n) is 5.81. The van der Waals surface area contributed by atoms with E-state index in [1.54, 1.807) is 20.3 Å². The van der Waals surface area contributed by atoms with Crippen LogP contribution in [-0.2, 0) is 4.74 Å². The Bertz CT molecular complexity index is 1170. The molecule has 142 valence electrons. The minimum absolute atomic E-state index is 0.0261. The third kappa shape index (κ3) is 3.16. The lowest BCUT2D eigenvalue weighted by Gasteiger charge is -2.11. The average Bonchev–Trinajstić information content (AvgIpc) is 3.17. The number of aromatic nitrogens is 3. The summed E-state index contributed by atoms with van der Waals surface area (Å²) in [6.45, 7) is 0. The number of fused-ring (bicyclic) bond motifs is 3. The number of anilines is 2. The molecule has 0 aliphatic heterocycles. The summed E-state index contributed by atoms with van der Waals surface area (Å²) >= 11 is 1.37. The quantitative estimate of drug-likeness (QED) is 0.389. The van der Waals surface area contributed by atoms with E-state index in [0.717, 1.165) is 26.8 Å². The van der Waals surface area contributed by atoms with E-state index in [0.29, 0.717) is 22.3 Å². The Morgan fingerprint density at radius 3 is 2.39 bits per heavy atom. The van der Waals surface area contributed by atoms with Crippen molar-refractivity contribution in [2.75, 3.05) is 26.6 Å². The predicted octanol–water partition coefficient (Wildman–Crippen LogP) is 3.97. The fraction of sp³-hybridized carbons (Fsp3) is 0.158. The molecule has 0 unspecified atom stereocenters. The van der Waals surface area contributed by atoms with Gasteiger partial charge in [0.15, 0.2) is 5.01 Å². The molecule has 2 aromatic carbocycles. The van der Waals surface area contributed by atoms with Gasteiger partial charge in [-0.05, 0) is 12.1 Å². The van der Waals surface area contributed by atoms with Crippen LogP contribution in [0, 0.1) is 5.41 Å². The van der Waals surface area contributed by atoms with E-state index in [1.807, 2.05) is 24.3 Å². The minimum Gasteiger partial charge on any atom is -0.497 e. The van der Waals surface area contributed by atoms with Crippen molar-refractivity contribution in [1.82, 2.24) is 15.0 Å². The fourth-order valence-electron chi connectivity index (χ4n) is 2.83. The molecule has 8 nitrogen and oxygen atoms in total. The molecule has 2 aromatic heterocycles. The first-order valence-electron chi connectivity index (χ1n) is 8.30. The molecule has 2 N–H and O–H groups in total. The van der Waals surface area contributed by atoms with Crippen LogP contribution >= 0.6 is 11.3 Å². The van der Waals surface area contributed by atoms with Gasteiger partial charge in [-0.1, -0.05) is 0 Å². The first-order valence-corrected chi connectivity index (χ1v) is 9.12. The molecule has 2 heterocycles. The number of hydrogen-bond acceptors (Lipinski definition) is 9. The number of nitrogens with zero attached hydrogens (tertiary/aromatic N) is 3. The number of thiazole rings is 1. The summed E-state index contributed by atoms with van der Waals surface area (Å²) in [4.78, 5) is 13.3. The van der Waals surface area contributed by atoms with Gasteiger partial charge < -0.3 is 19.5 Å². The predicted molar refractivity (Wildman–Crippen MR) is 109 cm³/mol. The van der Waals surface area contributed by atoms with E-state index < -0.39 is 0 Å². The third-order valence-electron chi connectivity index (χ3n) is 4.17. The molecule has 0 saturated heterocycles. The summed E-state index contributed by atoms with van der Waals surface area (Å²) < 4.78 is 16.6. The highest BCUT2D eigenvalue weighted by molar-refractivity contribution is 7.21. The van der Waals surface area contributed by atoms with Crippen LogP contribution in [0.1, 0.15) is 5.01 Å². The van der Waals surface area contributed by atoms with Crippen LogP contribution in [0.25, 0.3) is 21.1 Å². The highest BCUT2D eigenvalue weighted by Crippen LogP contribution is 2.35. The van der Waals surface area contributed by atoms with Crippen LogP contribution in [0.4, 0.5) is 11.5 Å². The Morgan fingerprint density at radius 2 is 1.71 bits per heavy atom. The van der Waals surface area contributed by atoms with Crippen LogP contribution in [0.2, 0.25) is 0 Å². The molecule has 0 atom stereocenters. The smallest absolute Gasteiger partial charge is 0.242 e. The number of rotatable bonds is 5. The first-order chi connectivity index (χ1) is 13.6. The Labute approximate surface area is 164 Å². The SMILES string of the molecule is COC(=N)c1nc2ccc3ncnc(Nc4cc(OC)cc(OC)c4)c3c2s1. The van der Waals surface area contributed by atoms with Gasteiger partial charge in [-0.2, -0.15) is 0 Å². The molecule has 0 aliphatic rings. The molecule has 0 saturated carbocycles. The van der Waals surface area contributed by atoms with E-state index >= 15 is 0 Å². The lowest BCUT2D eigenvalue weighted by molar-refractivity contribution is 0.395. The van der Waals surface area contributed by atoms with Gasteiger partial charge in [0.1, 0.15) is 23.6 Å². The Hall–Kier alpha value is -3.46. The van der Waals surface area contributed by atoms with Gasteiger partial charge in [-0.3, -0.25) is 5.41 Å². The van der Waals surface area contributed by atoms with Crippen molar-refractivity contribution in [3.05, 3.63) is 41.7 Å². The van der Waals surface area contributed by atoms with Crippen LogP contribution < -0.4 is 14.8 Å². The zero-order valence-corrected chi connectivity index (χ0v) is 16.3. The number of nitrogens with one attached hydrogen (secondary N) is 2. The molecule has 0 aliphatic carbocycles. The summed E-state index contributed by atoms with van der Waals surface area (Å²) in [5, 5.41) is 12.5. The van der Waals surface area contributed by atoms with Gasteiger partial charge in [-0.15, -0.1) is 11.3 Å². The van der Waals surface area contributed by atoms with Crippen molar-refractivity contribution in [3.63, 3.8) is 0 Å². The second-order valence-corrected chi connectivity index (χ2v) is 6.81. The molecule has 9 heteroatoms. The molecule has 0 bridgehead atoms. The van der Waals surface area contributed by atoms with Crippen molar-refractivity contribution in [3.8, 4) is 11.5 Å². The summed E-state index contributed by atoms with van der Waals surface area (Å²) in [5.41, 5.74) is 2.30. The van der Waals surface area contributed by atoms with Gasteiger partial charge in [0.2, 0.25) is 5.90 Å². The summed E-state index contributed by atoms with van der Waals surface area (Å²) in [5.74, 6) is 1.99. The van der Waals surface area contributed by atoms with Gasteiger partial charge in [0, 0.05) is 23.9 Å². The standard InChI is InChI=1S/C19H17N5O3S/c1-25-11-6-10(7-12(8-11)26-2)23-18-15-13(21-9-22-18)4-5-14-16(15)28-19(24-14)17(20)27-3/h4-9,20H,1-3H3,(H,21,22,23). The van der Waals surface area contributed by atoms with Crippen LogP contribution in [0.5, 0.6) is 11.5 Å². The highest BCUT2D eigenvalue weighted by atomic mass is 32.1. The molecule has 0 amide bonds. The number of hydrogen-bond donors (Lipinski definition) is 2. The van der Waals surface area contributed by atoms with Crippen molar-refractivity contribution in [1.29, 1.82) is 5.41 Å². The summed E-state index contributed by atoms with van der Waals surface area (Å²) in [6, 6.07) is 9.28. The van der Waals surface area contributed by atoms with Gasteiger partial charge in [0.25, 0.3) is 0 Å². The van der Waals surface area contributed by atoms with E-state index in [9.17, 15) is 0 Å². The van der Waals surface area contributed by atoms with E-state index in [1.165, 1.54) is 24.8 Å². The average molecular weight is 395 g/mol. The summed E-state index contributed by atoms with van der Waals surface area (Å²) in [7, 11) is 4.66. The second kappa shape index (κ2) is 7.28. The zero-order chi connectivity index (χ0) is 19.7. The molecule has 0 spiro atoms.